The van der Waals surface area contributed by atoms with Gasteiger partial charge in [0.15, 0.2) is 0 Å². The van der Waals surface area contributed by atoms with Crippen molar-refractivity contribution < 1.29 is 0 Å². The van der Waals surface area contributed by atoms with Gasteiger partial charge in [0, 0.05) is 6.04 Å². The van der Waals surface area contributed by atoms with Crippen molar-refractivity contribution in [3.8, 4) is 0 Å². The summed E-state index contributed by atoms with van der Waals surface area (Å²) < 4.78 is 0. The Labute approximate surface area is 112 Å². The second kappa shape index (κ2) is 5.05. The molecule has 0 unspecified atom stereocenters. The minimum atomic E-state index is 0.241. The van der Waals surface area contributed by atoms with Gasteiger partial charge in [-0.15, -0.1) is 0 Å². The van der Waals surface area contributed by atoms with E-state index in [9.17, 15) is 0 Å². The van der Waals surface area contributed by atoms with Gasteiger partial charge < -0.3 is 5.73 Å². The maximum atomic E-state index is 6.59. The highest BCUT2D eigenvalue weighted by Gasteiger charge is 2.26. The first kappa shape index (κ1) is 13.6. The van der Waals surface area contributed by atoms with Crippen LogP contribution in [0.2, 0.25) is 0 Å². The molecular formula is C17H27N. The largest absolute Gasteiger partial charge is 0.324 e. The van der Waals surface area contributed by atoms with Crippen LogP contribution in [0.15, 0.2) is 0 Å². The lowest BCUT2D eigenvalue weighted by Gasteiger charge is -2.27. The van der Waals surface area contributed by atoms with Crippen LogP contribution >= 0.6 is 0 Å². The molecule has 1 nitrogen and oxygen atoms in total. The van der Waals surface area contributed by atoms with E-state index in [2.05, 4.69) is 34.6 Å². The summed E-state index contributed by atoms with van der Waals surface area (Å²) in [4.78, 5) is 0. The fourth-order valence-electron chi connectivity index (χ4n) is 3.58. The Balaban J connectivity index is 2.49. The van der Waals surface area contributed by atoms with Crippen molar-refractivity contribution in [3.63, 3.8) is 0 Å². The molecule has 0 aromatic heterocycles. The van der Waals surface area contributed by atoms with E-state index < -0.39 is 0 Å². The van der Waals surface area contributed by atoms with Crippen LogP contribution in [0.25, 0.3) is 0 Å². The minimum absolute atomic E-state index is 0.241. The second-order valence-corrected chi connectivity index (χ2v) is 6.11. The highest BCUT2D eigenvalue weighted by molar-refractivity contribution is 5.50. The molecule has 0 saturated heterocycles. The van der Waals surface area contributed by atoms with Gasteiger partial charge in [-0.05, 0) is 86.8 Å². The molecule has 1 atom stereocenters. The average molecular weight is 245 g/mol. The zero-order valence-electron chi connectivity index (χ0n) is 12.6. The molecule has 18 heavy (non-hydrogen) atoms. The van der Waals surface area contributed by atoms with Crippen molar-refractivity contribution in [2.24, 2.45) is 11.7 Å². The van der Waals surface area contributed by atoms with E-state index >= 15 is 0 Å². The molecule has 1 aliphatic carbocycles. The normalized spacial score (nSPS) is 18.3. The van der Waals surface area contributed by atoms with Crippen LogP contribution in [0.1, 0.15) is 65.1 Å². The van der Waals surface area contributed by atoms with E-state index in [1.165, 1.54) is 59.1 Å². The summed E-state index contributed by atoms with van der Waals surface area (Å²) in [5.41, 5.74) is 15.2. The Hall–Kier alpha value is -0.820. The molecule has 0 amide bonds. The molecule has 0 heterocycles. The molecule has 2 N–H and O–H groups in total. The summed E-state index contributed by atoms with van der Waals surface area (Å²) in [5, 5.41) is 0. The monoisotopic (exact) mass is 245 g/mol. The number of benzene rings is 1. The molecular weight excluding hydrogens is 218 g/mol. The molecule has 100 valence electrons. The summed E-state index contributed by atoms with van der Waals surface area (Å²) in [6.07, 6.45) is 5.35. The summed E-state index contributed by atoms with van der Waals surface area (Å²) in [5.74, 6) is 0.698. The first-order chi connectivity index (χ1) is 8.45. The molecule has 0 bridgehead atoms. The molecule has 1 aromatic carbocycles. The first-order valence-electron chi connectivity index (χ1n) is 7.27. The van der Waals surface area contributed by atoms with E-state index in [0.29, 0.717) is 5.92 Å². The van der Waals surface area contributed by atoms with Crippen molar-refractivity contribution in [1.29, 1.82) is 0 Å². The minimum Gasteiger partial charge on any atom is -0.324 e. The second-order valence-electron chi connectivity index (χ2n) is 6.11. The van der Waals surface area contributed by atoms with Gasteiger partial charge in [-0.1, -0.05) is 12.8 Å². The Morgan fingerprint density at radius 1 is 0.778 bits per heavy atom. The lowest BCUT2D eigenvalue weighted by atomic mass is 9.82. The highest BCUT2D eigenvalue weighted by atomic mass is 14.7. The smallest absolute Gasteiger partial charge is 0.0328 e. The van der Waals surface area contributed by atoms with Crippen LogP contribution in [-0.2, 0) is 0 Å². The van der Waals surface area contributed by atoms with E-state index in [-0.39, 0.29) is 6.04 Å². The fraction of sp³-hybridized carbons (Fsp3) is 0.647. The molecule has 2 rings (SSSR count). The molecule has 1 aliphatic rings. The zero-order valence-corrected chi connectivity index (χ0v) is 12.6. The lowest BCUT2D eigenvalue weighted by Crippen LogP contribution is -2.22. The number of rotatable bonds is 2. The zero-order chi connectivity index (χ0) is 13.4. The van der Waals surface area contributed by atoms with Crippen LogP contribution in [-0.4, -0.2) is 0 Å². The van der Waals surface area contributed by atoms with Gasteiger partial charge >= 0.3 is 0 Å². The molecule has 1 saturated carbocycles. The third-order valence-corrected chi connectivity index (χ3v) is 5.30. The molecule has 0 spiro atoms. The summed E-state index contributed by atoms with van der Waals surface area (Å²) >= 11 is 0. The van der Waals surface area contributed by atoms with Crippen LogP contribution in [0.4, 0.5) is 0 Å². The van der Waals surface area contributed by atoms with Crippen molar-refractivity contribution in [2.75, 3.05) is 0 Å². The van der Waals surface area contributed by atoms with Gasteiger partial charge in [0.05, 0.1) is 0 Å². The lowest BCUT2D eigenvalue weighted by molar-refractivity contribution is 0.441. The third-order valence-electron chi connectivity index (χ3n) is 5.30. The van der Waals surface area contributed by atoms with Crippen LogP contribution in [0.5, 0.6) is 0 Å². The van der Waals surface area contributed by atoms with Crippen LogP contribution in [0.3, 0.4) is 0 Å². The number of hydrogen-bond donors (Lipinski definition) is 1. The molecule has 1 fully saturated rings. The topological polar surface area (TPSA) is 26.0 Å². The van der Waals surface area contributed by atoms with Gasteiger partial charge in [-0.2, -0.15) is 0 Å². The fourth-order valence-corrected chi connectivity index (χ4v) is 3.58. The van der Waals surface area contributed by atoms with Gasteiger partial charge in [0.2, 0.25) is 0 Å². The van der Waals surface area contributed by atoms with E-state index in [0.717, 1.165) is 0 Å². The maximum absolute atomic E-state index is 6.59. The molecule has 0 radical (unpaired) electrons. The van der Waals surface area contributed by atoms with Crippen LogP contribution < -0.4 is 5.73 Å². The SMILES string of the molecule is Cc1c(C)c(C)c([C@@H](N)C2CCCC2)c(C)c1C. The van der Waals surface area contributed by atoms with Gasteiger partial charge in [-0.25, -0.2) is 0 Å². The molecule has 1 aromatic rings. The number of hydrogen-bond acceptors (Lipinski definition) is 1. The summed E-state index contributed by atoms with van der Waals surface area (Å²) in [7, 11) is 0. The highest BCUT2D eigenvalue weighted by Crippen LogP contribution is 2.38. The number of nitrogens with two attached hydrogens (primary N) is 1. The van der Waals surface area contributed by atoms with Crippen molar-refractivity contribution >= 4 is 0 Å². The predicted octanol–water partition coefficient (Wildman–Crippen LogP) is 4.42. The Morgan fingerprint density at radius 3 is 1.61 bits per heavy atom. The van der Waals surface area contributed by atoms with Crippen molar-refractivity contribution in [2.45, 2.75) is 66.3 Å². The Morgan fingerprint density at radius 2 is 1.17 bits per heavy atom. The summed E-state index contributed by atoms with van der Waals surface area (Å²) in [6.45, 7) is 11.2. The van der Waals surface area contributed by atoms with Gasteiger partial charge in [0.1, 0.15) is 0 Å². The van der Waals surface area contributed by atoms with Crippen LogP contribution in [0, 0.1) is 40.5 Å². The van der Waals surface area contributed by atoms with Gasteiger partial charge in [0.25, 0.3) is 0 Å². The average Bonchev–Trinajstić information content (AvgIpc) is 2.88. The Bertz CT molecular complexity index is 424. The quantitative estimate of drug-likeness (QED) is 0.820. The molecule has 1 heteroatoms. The standard InChI is InChI=1S/C17H27N/c1-10-11(2)13(4)16(14(5)12(10)3)17(18)15-8-6-7-9-15/h15,17H,6-9,18H2,1-5H3/t17-/m0/s1. The summed E-state index contributed by atoms with van der Waals surface area (Å²) in [6, 6.07) is 0.241. The van der Waals surface area contributed by atoms with Gasteiger partial charge in [-0.3, -0.25) is 0 Å². The first-order valence-corrected chi connectivity index (χ1v) is 7.27. The maximum Gasteiger partial charge on any atom is 0.0328 e. The van der Waals surface area contributed by atoms with Crippen molar-refractivity contribution in [1.82, 2.24) is 0 Å². The third kappa shape index (κ3) is 2.09. The Kier molecular flexibility index (Phi) is 3.82. The predicted molar refractivity (Wildman–Crippen MR) is 79.0 cm³/mol. The van der Waals surface area contributed by atoms with E-state index in [4.69, 9.17) is 5.73 Å². The van der Waals surface area contributed by atoms with Crippen molar-refractivity contribution in [3.05, 3.63) is 33.4 Å². The van der Waals surface area contributed by atoms with E-state index in [1.54, 1.807) is 0 Å². The van der Waals surface area contributed by atoms with E-state index in [1.807, 2.05) is 0 Å². The molecule has 0 aliphatic heterocycles.